The third kappa shape index (κ3) is 2.32. The van der Waals surface area contributed by atoms with Gasteiger partial charge in [-0.25, -0.2) is 0 Å². The van der Waals surface area contributed by atoms with Crippen LogP contribution in [0.25, 0.3) is 0 Å². The average Bonchev–Trinajstić information content (AvgIpc) is 2.88. The van der Waals surface area contributed by atoms with Gasteiger partial charge in [0.15, 0.2) is 0 Å². The second-order valence-corrected chi connectivity index (χ2v) is 4.68. The van der Waals surface area contributed by atoms with Crippen molar-refractivity contribution in [1.29, 1.82) is 0 Å². The Bertz CT molecular complexity index is 316. The third-order valence-electron chi connectivity index (χ3n) is 3.07. The van der Waals surface area contributed by atoms with Gasteiger partial charge in [-0.2, -0.15) is 0 Å². The summed E-state index contributed by atoms with van der Waals surface area (Å²) < 4.78 is 0. The standard InChI is InChI=1S/C12H18N2/c1-10-4-3-7-14-11(10)8-13-9-12(2)5-6-12/h3-4,7,13H,5-6,8-9H2,1-2H3. The molecule has 1 aromatic rings. The van der Waals surface area contributed by atoms with Gasteiger partial charge >= 0.3 is 0 Å². The number of pyridine rings is 1. The maximum Gasteiger partial charge on any atom is 0.0570 e. The Balaban J connectivity index is 1.83. The van der Waals surface area contributed by atoms with Crippen molar-refractivity contribution in [2.75, 3.05) is 6.54 Å². The van der Waals surface area contributed by atoms with Crippen molar-refractivity contribution >= 4 is 0 Å². The first-order chi connectivity index (χ1) is 6.70. The van der Waals surface area contributed by atoms with Gasteiger partial charge in [0, 0.05) is 19.3 Å². The predicted molar refractivity (Wildman–Crippen MR) is 58.0 cm³/mol. The highest BCUT2D eigenvalue weighted by molar-refractivity contribution is 5.17. The van der Waals surface area contributed by atoms with Crippen LogP contribution in [0.5, 0.6) is 0 Å². The molecule has 1 fully saturated rings. The Morgan fingerprint density at radius 2 is 2.29 bits per heavy atom. The van der Waals surface area contributed by atoms with Crippen LogP contribution in [-0.2, 0) is 6.54 Å². The number of aromatic nitrogens is 1. The second kappa shape index (κ2) is 3.70. The van der Waals surface area contributed by atoms with Crippen LogP contribution in [0.1, 0.15) is 31.0 Å². The Kier molecular flexibility index (Phi) is 2.55. The lowest BCUT2D eigenvalue weighted by Crippen LogP contribution is -2.22. The van der Waals surface area contributed by atoms with E-state index < -0.39 is 0 Å². The fourth-order valence-corrected chi connectivity index (χ4v) is 1.58. The number of nitrogens with zero attached hydrogens (tertiary/aromatic N) is 1. The van der Waals surface area contributed by atoms with Gasteiger partial charge in [0.25, 0.3) is 0 Å². The van der Waals surface area contributed by atoms with Crippen molar-refractivity contribution in [1.82, 2.24) is 10.3 Å². The quantitative estimate of drug-likeness (QED) is 0.788. The summed E-state index contributed by atoms with van der Waals surface area (Å²) in [7, 11) is 0. The lowest BCUT2D eigenvalue weighted by Gasteiger charge is -2.10. The molecule has 1 aromatic heterocycles. The molecule has 1 aliphatic rings. The molecule has 1 saturated carbocycles. The van der Waals surface area contributed by atoms with Gasteiger partial charge in [-0.1, -0.05) is 13.0 Å². The van der Waals surface area contributed by atoms with Crippen LogP contribution in [0.2, 0.25) is 0 Å². The fourth-order valence-electron chi connectivity index (χ4n) is 1.58. The minimum absolute atomic E-state index is 0.586. The van der Waals surface area contributed by atoms with Crippen LogP contribution in [-0.4, -0.2) is 11.5 Å². The van der Waals surface area contributed by atoms with Gasteiger partial charge in [0.1, 0.15) is 0 Å². The van der Waals surface area contributed by atoms with Crippen molar-refractivity contribution in [2.24, 2.45) is 5.41 Å². The molecule has 1 heterocycles. The van der Waals surface area contributed by atoms with E-state index in [-0.39, 0.29) is 0 Å². The molecule has 0 bridgehead atoms. The van der Waals surface area contributed by atoms with Gasteiger partial charge in [0.05, 0.1) is 5.69 Å². The summed E-state index contributed by atoms with van der Waals surface area (Å²) in [4.78, 5) is 4.36. The topological polar surface area (TPSA) is 24.9 Å². The average molecular weight is 190 g/mol. The molecule has 2 rings (SSSR count). The molecule has 0 unspecified atom stereocenters. The summed E-state index contributed by atoms with van der Waals surface area (Å²) in [6, 6.07) is 4.10. The maximum absolute atomic E-state index is 4.36. The molecule has 2 nitrogen and oxygen atoms in total. The van der Waals surface area contributed by atoms with E-state index in [2.05, 4.69) is 30.2 Å². The summed E-state index contributed by atoms with van der Waals surface area (Å²) in [6.07, 6.45) is 4.62. The van der Waals surface area contributed by atoms with E-state index in [4.69, 9.17) is 0 Å². The smallest absolute Gasteiger partial charge is 0.0570 e. The van der Waals surface area contributed by atoms with Crippen LogP contribution in [0.15, 0.2) is 18.3 Å². The van der Waals surface area contributed by atoms with E-state index in [1.54, 1.807) is 0 Å². The third-order valence-corrected chi connectivity index (χ3v) is 3.07. The molecule has 0 aromatic carbocycles. The number of hydrogen-bond acceptors (Lipinski definition) is 2. The highest BCUT2D eigenvalue weighted by atomic mass is 14.9. The first-order valence-electron chi connectivity index (χ1n) is 5.31. The van der Waals surface area contributed by atoms with E-state index in [1.165, 1.54) is 24.1 Å². The zero-order valence-corrected chi connectivity index (χ0v) is 9.01. The molecule has 1 N–H and O–H groups in total. The van der Waals surface area contributed by atoms with Crippen LogP contribution >= 0.6 is 0 Å². The lowest BCUT2D eigenvalue weighted by molar-refractivity contribution is 0.496. The normalized spacial score (nSPS) is 18.1. The number of rotatable bonds is 4. The summed E-state index contributed by atoms with van der Waals surface area (Å²) in [6.45, 7) is 6.49. The molecule has 14 heavy (non-hydrogen) atoms. The Hall–Kier alpha value is -0.890. The van der Waals surface area contributed by atoms with Crippen LogP contribution in [0, 0.1) is 12.3 Å². The highest BCUT2D eigenvalue weighted by Crippen LogP contribution is 2.44. The molecule has 76 valence electrons. The maximum atomic E-state index is 4.36. The minimum atomic E-state index is 0.586. The van der Waals surface area contributed by atoms with Crippen LogP contribution in [0.3, 0.4) is 0 Å². The molecular weight excluding hydrogens is 172 g/mol. The van der Waals surface area contributed by atoms with Crippen LogP contribution in [0.4, 0.5) is 0 Å². The minimum Gasteiger partial charge on any atom is -0.311 e. The zero-order chi connectivity index (χ0) is 10.0. The number of nitrogens with one attached hydrogen (secondary N) is 1. The molecule has 1 aliphatic carbocycles. The largest absolute Gasteiger partial charge is 0.311 e. The van der Waals surface area contributed by atoms with E-state index >= 15 is 0 Å². The molecule has 0 radical (unpaired) electrons. The van der Waals surface area contributed by atoms with Gasteiger partial charge in [0.2, 0.25) is 0 Å². The number of hydrogen-bond donors (Lipinski definition) is 1. The molecule has 0 amide bonds. The highest BCUT2D eigenvalue weighted by Gasteiger charge is 2.36. The van der Waals surface area contributed by atoms with Crippen LogP contribution < -0.4 is 5.32 Å². The van der Waals surface area contributed by atoms with Gasteiger partial charge in [-0.15, -0.1) is 0 Å². The fraction of sp³-hybridized carbons (Fsp3) is 0.583. The first-order valence-corrected chi connectivity index (χ1v) is 5.31. The van der Waals surface area contributed by atoms with Gasteiger partial charge in [-0.05, 0) is 36.8 Å². The van der Waals surface area contributed by atoms with Gasteiger partial charge in [-0.3, -0.25) is 4.98 Å². The predicted octanol–water partition coefficient (Wildman–Crippen LogP) is 2.28. The van der Waals surface area contributed by atoms with E-state index in [9.17, 15) is 0 Å². The first kappa shape index (κ1) is 9.66. The van der Waals surface area contributed by atoms with E-state index in [1.807, 2.05) is 12.3 Å². The van der Waals surface area contributed by atoms with E-state index in [0.29, 0.717) is 5.41 Å². The molecular formula is C12H18N2. The molecule has 2 heteroatoms. The molecule has 0 saturated heterocycles. The summed E-state index contributed by atoms with van der Waals surface area (Å²) in [5.41, 5.74) is 3.04. The number of aryl methyl sites for hydroxylation is 1. The summed E-state index contributed by atoms with van der Waals surface area (Å²) >= 11 is 0. The van der Waals surface area contributed by atoms with Crippen molar-refractivity contribution in [2.45, 2.75) is 33.2 Å². The zero-order valence-electron chi connectivity index (χ0n) is 9.01. The van der Waals surface area contributed by atoms with Crippen molar-refractivity contribution in [3.63, 3.8) is 0 Å². The van der Waals surface area contributed by atoms with E-state index in [0.717, 1.165) is 13.1 Å². The Morgan fingerprint density at radius 1 is 1.50 bits per heavy atom. The molecule has 0 aliphatic heterocycles. The Morgan fingerprint density at radius 3 is 2.93 bits per heavy atom. The van der Waals surface area contributed by atoms with Crippen molar-refractivity contribution in [3.05, 3.63) is 29.6 Å². The summed E-state index contributed by atoms with van der Waals surface area (Å²) in [5.74, 6) is 0. The Labute approximate surface area is 85.7 Å². The van der Waals surface area contributed by atoms with Gasteiger partial charge < -0.3 is 5.32 Å². The van der Waals surface area contributed by atoms with Crippen molar-refractivity contribution < 1.29 is 0 Å². The summed E-state index contributed by atoms with van der Waals surface area (Å²) in [5, 5.41) is 3.48. The lowest BCUT2D eigenvalue weighted by atomic mass is 10.1. The monoisotopic (exact) mass is 190 g/mol. The molecule has 0 spiro atoms. The second-order valence-electron chi connectivity index (χ2n) is 4.68. The molecule has 0 atom stereocenters. The van der Waals surface area contributed by atoms with Crippen molar-refractivity contribution in [3.8, 4) is 0 Å². The SMILES string of the molecule is Cc1cccnc1CNCC1(C)CC1.